The molecule has 17 heavy (non-hydrogen) atoms. The van der Waals surface area contributed by atoms with Crippen LogP contribution in [0.5, 0.6) is 0 Å². The SMILES string of the molecule is CC(CC(=O)CC(C)c1ccccc1)C(=O)O. The van der Waals surface area contributed by atoms with Crippen LogP contribution >= 0.6 is 0 Å². The summed E-state index contributed by atoms with van der Waals surface area (Å²) in [7, 11) is 0. The lowest BCUT2D eigenvalue weighted by molar-refractivity contribution is -0.143. The van der Waals surface area contributed by atoms with E-state index in [1.54, 1.807) is 6.92 Å². The number of carboxylic acids is 1. The molecule has 0 spiro atoms. The van der Waals surface area contributed by atoms with Crippen molar-refractivity contribution in [2.45, 2.75) is 32.6 Å². The summed E-state index contributed by atoms with van der Waals surface area (Å²) in [5, 5.41) is 8.73. The average molecular weight is 234 g/mol. The lowest BCUT2D eigenvalue weighted by Crippen LogP contribution is -2.15. The van der Waals surface area contributed by atoms with Crippen molar-refractivity contribution in [3.05, 3.63) is 35.9 Å². The molecule has 1 aromatic rings. The minimum Gasteiger partial charge on any atom is -0.481 e. The van der Waals surface area contributed by atoms with Gasteiger partial charge in [0.15, 0.2) is 0 Å². The van der Waals surface area contributed by atoms with Crippen LogP contribution < -0.4 is 0 Å². The Bertz CT molecular complexity index is 384. The lowest BCUT2D eigenvalue weighted by atomic mass is 9.92. The number of Topliss-reactive ketones (excluding diaryl/α,β-unsaturated/α-hetero) is 1. The van der Waals surface area contributed by atoms with E-state index in [0.29, 0.717) is 6.42 Å². The molecule has 0 bridgehead atoms. The van der Waals surface area contributed by atoms with Gasteiger partial charge in [-0.25, -0.2) is 0 Å². The number of carbonyl (C=O) groups excluding carboxylic acids is 1. The second-order valence-electron chi connectivity index (χ2n) is 4.50. The van der Waals surface area contributed by atoms with E-state index in [4.69, 9.17) is 5.11 Å². The molecule has 0 aliphatic rings. The molecular weight excluding hydrogens is 216 g/mol. The molecule has 1 N–H and O–H groups in total. The van der Waals surface area contributed by atoms with Gasteiger partial charge in [-0.05, 0) is 11.5 Å². The maximum Gasteiger partial charge on any atom is 0.306 e. The third kappa shape index (κ3) is 4.39. The van der Waals surface area contributed by atoms with E-state index in [1.165, 1.54) is 0 Å². The van der Waals surface area contributed by atoms with Crippen molar-refractivity contribution < 1.29 is 14.7 Å². The Morgan fingerprint density at radius 1 is 1.12 bits per heavy atom. The minimum atomic E-state index is -0.911. The molecule has 0 radical (unpaired) electrons. The molecule has 0 fully saturated rings. The highest BCUT2D eigenvalue weighted by Gasteiger charge is 2.18. The molecule has 1 rings (SSSR count). The van der Waals surface area contributed by atoms with Gasteiger partial charge in [0.05, 0.1) is 5.92 Å². The summed E-state index contributed by atoms with van der Waals surface area (Å²) >= 11 is 0. The number of aliphatic carboxylic acids is 1. The summed E-state index contributed by atoms with van der Waals surface area (Å²) < 4.78 is 0. The van der Waals surface area contributed by atoms with Crippen LogP contribution in [0, 0.1) is 5.92 Å². The molecule has 1 aromatic carbocycles. The van der Waals surface area contributed by atoms with E-state index in [1.807, 2.05) is 37.3 Å². The number of rotatable bonds is 6. The number of hydrogen-bond donors (Lipinski definition) is 1. The van der Waals surface area contributed by atoms with Gasteiger partial charge in [0.1, 0.15) is 5.78 Å². The smallest absolute Gasteiger partial charge is 0.306 e. The summed E-state index contributed by atoms with van der Waals surface area (Å²) in [6.07, 6.45) is 0.522. The molecule has 0 heterocycles. The van der Waals surface area contributed by atoms with Crippen molar-refractivity contribution >= 4 is 11.8 Å². The zero-order chi connectivity index (χ0) is 12.8. The zero-order valence-corrected chi connectivity index (χ0v) is 10.2. The number of carbonyl (C=O) groups is 2. The van der Waals surface area contributed by atoms with Gasteiger partial charge in [0.25, 0.3) is 0 Å². The Morgan fingerprint density at radius 2 is 1.71 bits per heavy atom. The van der Waals surface area contributed by atoms with Gasteiger partial charge in [-0.1, -0.05) is 44.2 Å². The molecule has 0 amide bonds. The molecule has 0 aliphatic heterocycles. The first-order valence-electron chi connectivity index (χ1n) is 5.80. The number of ketones is 1. The number of benzene rings is 1. The Balaban J connectivity index is 2.49. The van der Waals surface area contributed by atoms with Gasteiger partial charge in [0, 0.05) is 12.8 Å². The highest BCUT2D eigenvalue weighted by Crippen LogP contribution is 2.20. The van der Waals surface area contributed by atoms with E-state index in [9.17, 15) is 9.59 Å². The van der Waals surface area contributed by atoms with Gasteiger partial charge >= 0.3 is 5.97 Å². The molecule has 2 unspecified atom stereocenters. The van der Waals surface area contributed by atoms with Crippen LogP contribution in [0.2, 0.25) is 0 Å². The lowest BCUT2D eigenvalue weighted by Gasteiger charge is -2.12. The topological polar surface area (TPSA) is 54.4 Å². The largest absolute Gasteiger partial charge is 0.481 e. The molecule has 3 nitrogen and oxygen atoms in total. The Kier molecular flexibility index (Phi) is 4.88. The van der Waals surface area contributed by atoms with Crippen LogP contribution in [0.15, 0.2) is 30.3 Å². The molecule has 3 heteroatoms. The van der Waals surface area contributed by atoms with E-state index >= 15 is 0 Å². The van der Waals surface area contributed by atoms with E-state index in [-0.39, 0.29) is 18.1 Å². The second-order valence-corrected chi connectivity index (χ2v) is 4.50. The summed E-state index contributed by atoms with van der Waals surface area (Å²) in [5.74, 6) is -1.35. The van der Waals surface area contributed by atoms with Crippen LogP contribution in [0.4, 0.5) is 0 Å². The van der Waals surface area contributed by atoms with Gasteiger partial charge in [-0.3, -0.25) is 9.59 Å². The first-order valence-corrected chi connectivity index (χ1v) is 5.80. The van der Waals surface area contributed by atoms with E-state index in [2.05, 4.69) is 0 Å². The quantitative estimate of drug-likeness (QED) is 0.823. The predicted molar refractivity (Wildman–Crippen MR) is 65.9 cm³/mol. The summed E-state index contributed by atoms with van der Waals surface area (Å²) in [6, 6.07) is 9.79. The van der Waals surface area contributed by atoms with Crippen LogP contribution in [-0.4, -0.2) is 16.9 Å². The summed E-state index contributed by atoms with van der Waals surface area (Å²) in [6.45, 7) is 3.55. The fourth-order valence-electron chi connectivity index (χ4n) is 1.75. The van der Waals surface area contributed by atoms with Crippen LogP contribution in [0.3, 0.4) is 0 Å². The Hall–Kier alpha value is -1.64. The highest BCUT2D eigenvalue weighted by molar-refractivity contribution is 5.84. The van der Waals surface area contributed by atoms with E-state index < -0.39 is 11.9 Å². The van der Waals surface area contributed by atoms with Crippen LogP contribution in [-0.2, 0) is 9.59 Å². The third-order valence-corrected chi connectivity index (χ3v) is 2.86. The summed E-state index contributed by atoms with van der Waals surface area (Å²) in [4.78, 5) is 22.3. The standard InChI is InChI=1S/C14H18O3/c1-10(12-6-4-3-5-7-12)8-13(15)9-11(2)14(16)17/h3-7,10-11H,8-9H2,1-2H3,(H,16,17). The predicted octanol–water partition coefficient (Wildman–Crippen LogP) is 2.86. The Morgan fingerprint density at radius 3 is 2.24 bits per heavy atom. The van der Waals surface area contributed by atoms with E-state index in [0.717, 1.165) is 5.56 Å². The first-order chi connectivity index (χ1) is 8.00. The zero-order valence-electron chi connectivity index (χ0n) is 10.2. The fraction of sp³-hybridized carbons (Fsp3) is 0.429. The van der Waals surface area contributed by atoms with Gasteiger partial charge in [-0.2, -0.15) is 0 Å². The van der Waals surface area contributed by atoms with Gasteiger partial charge < -0.3 is 5.11 Å². The highest BCUT2D eigenvalue weighted by atomic mass is 16.4. The maximum atomic E-state index is 11.7. The third-order valence-electron chi connectivity index (χ3n) is 2.86. The van der Waals surface area contributed by atoms with Gasteiger partial charge in [0.2, 0.25) is 0 Å². The number of hydrogen-bond acceptors (Lipinski definition) is 2. The minimum absolute atomic E-state index is 0.0104. The van der Waals surface area contributed by atoms with Crippen molar-refractivity contribution in [3.63, 3.8) is 0 Å². The number of carboxylic acid groups (broad SMARTS) is 1. The fourth-order valence-corrected chi connectivity index (χ4v) is 1.75. The van der Waals surface area contributed by atoms with Crippen LogP contribution in [0.1, 0.15) is 38.2 Å². The summed E-state index contributed by atoms with van der Waals surface area (Å²) in [5.41, 5.74) is 1.11. The van der Waals surface area contributed by atoms with Crippen molar-refractivity contribution in [3.8, 4) is 0 Å². The van der Waals surface area contributed by atoms with Gasteiger partial charge in [-0.15, -0.1) is 0 Å². The molecule has 0 saturated heterocycles. The first kappa shape index (κ1) is 13.4. The normalized spacial score (nSPS) is 14.0. The molecule has 92 valence electrons. The molecule has 0 saturated carbocycles. The molecule has 2 atom stereocenters. The second kappa shape index (κ2) is 6.18. The van der Waals surface area contributed by atoms with Crippen molar-refractivity contribution in [1.29, 1.82) is 0 Å². The van der Waals surface area contributed by atoms with Crippen molar-refractivity contribution in [2.75, 3.05) is 0 Å². The maximum absolute atomic E-state index is 11.7. The molecular formula is C14H18O3. The molecule has 0 aromatic heterocycles. The Labute approximate surface area is 101 Å². The van der Waals surface area contributed by atoms with Crippen LogP contribution in [0.25, 0.3) is 0 Å². The molecule has 0 aliphatic carbocycles. The average Bonchev–Trinajstić information content (AvgIpc) is 2.29. The van der Waals surface area contributed by atoms with Crippen molar-refractivity contribution in [2.24, 2.45) is 5.92 Å². The van der Waals surface area contributed by atoms with Crippen molar-refractivity contribution in [1.82, 2.24) is 0 Å². The monoisotopic (exact) mass is 234 g/mol.